The van der Waals surface area contributed by atoms with Crippen molar-refractivity contribution in [1.82, 2.24) is 15.0 Å². The van der Waals surface area contributed by atoms with Gasteiger partial charge in [0.25, 0.3) is 0 Å². The first kappa shape index (κ1) is 22.4. The standard InChI is InChI=1S/C28H25N5O2/c1-19-26(30-27(34)35-20(2)21-6-4-3-5-7-21)33(32-31-19)25-14-10-23(11-15-25)22-8-12-24(13-9-22)28(18-29)16-17-28/h3-15,20H,16-17H2,1-2H3,(H,30,34)/t20-/m1/s1. The van der Waals surface area contributed by atoms with Crippen molar-refractivity contribution in [2.45, 2.75) is 38.2 Å². The molecule has 1 heterocycles. The molecule has 1 atom stereocenters. The van der Waals surface area contributed by atoms with Crippen molar-refractivity contribution in [2.24, 2.45) is 0 Å². The first-order chi connectivity index (χ1) is 17.0. The Kier molecular flexibility index (Phi) is 5.79. The lowest BCUT2D eigenvalue weighted by molar-refractivity contribution is 0.121. The molecule has 1 aromatic heterocycles. The molecule has 7 heteroatoms. The summed E-state index contributed by atoms with van der Waals surface area (Å²) in [6, 6.07) is 28.1. The van der Waals surface area contributed by atoms with Gasteiger partial charge in [-0.2, -0.15) is 9.94 Å². The second-order valence-electron chi connectivity index (χ2n) is 8.84. The molecule has 4 aromatic rings. The third kappa shape index (κ3) is 4.51. The highest BCUT2D eigenvalue weighted by Crippen LogP contribution is 2.47. The fourth-order valence-electron chi connectivity index (χ4n) is 4.13. The van der Waals surface area contributed by atoms with Crippen LogP contribution in [0.15, 0.2) is 78.9 Å². The minimum absolute atomic E-state index is 0.281. The highest BCUT2D eigenvalue weighted by atomic mass is 16.6. The Hall–Kier alpha value is -4.44. The predicted molar refractivity (Wildman–Crippen MR) is 133 cm³/mol. The maximum atomic E-state index is 12.6. The van der Waals surface area contributed by atoms with Crippen LogP contribution in [0, 0.1) is 18.3 Å². The molecule has 0 aliphatic heterocycles. The van der Waals surface area contributed by atoms with Gasteiger partial charge in [0.2, 0.25) is 0 Å². The zero-order valence-corrected chi connectivity index (χ0v) is 19.6. The zero-order valence-electron chi connectivity index (χ0n) is 19.6. The van der Waals surface area contributed by atoms with Gasteiger partial charge in [-0.05, 0) is 61.1 Å². The van der Waals surface area contributed by atoms with E-state index in [1.165, 1.54) is 0 Å². The predicted octanol–water partition coefficient (Wildman–Crippen LogP) is 6.11. The van der Waals surface area contributed by atoms with Crippen LogP contribution in [-0.2, 0) is 10.2 Å². The van der Waals surface area contributed by atoms with E-state index in [1.807, 2.05) is 73.7 Å². The monoisotopic (exact) mass is 463 g/mol. The van der Waals surface area contributed by atoms with Crippen LogP contribution < -0.4 is 5.32 Å². The van der Waals surface area contributed by atoms with E-state index in [1.54, 1.807) is 11.6 Å². The van der Waals surface area contributed by atoms with Gasteiger partial charge in [0, 0.05) is 0 Å². The molecule has 35 heavy (non-hydrogen) atoms. The van der Waals surface area contributed by atoms with Crippen molar-refractivity contribution in [3.05, 3.63) is 95.7 Å². The molecule has 1 fully saturated rings. The second-order valence-corrected chi connectivity index (χ2v) is 8.84. The van der Waals surface area contributed by atoms with Gasteiger partial charge in [-0.25, -0.2) is 4.79 Å². The summed E-state index contributed by atoms with van der Waals surface area (Å²) in [5, 5.41) is 20.5. The number of ether oxygens (including phenoxy) is 1. The normalized spacial score (nSPS) is 14.5. The van der Waals surface area contributed by atoms with E-state index < -0.39 is 12.2 Å². The molecule has 1 amide bonds. The lowest BCUT2D eigenvalue weighted by Gasteiger charge is -2.15. The van der Waals surface area contributed by atoms with Gasteiger partial charge in [-0.3, -0.25) is 5.32 Å². The minimum Gasteiger partial charge on any atom is -0.441 e. The number of hydrogen-bond donors (Lipinski definition) is 1. The van der Waals surface area contributed by atoms with E-state index >= 15 is 0 Å². The number of nitriles is 1. The fraction of sp³-hybridized carbons (Fsp3) is 0.214. The third-order valence-corrected chi connectivity index (χ3v) is 6.46. The molecule has 1 saturated carbocycles. The highest BCUT2D eigenvalue weighted by Gasteiger charge is 2.44. The van der Waals surface area contributed by atoms with Crippen LogP contribution in [-0.4, -0.2) is 21.1 Å². The van der Waals surface area contributed by atoms with Crippen LogP contribution in [0.5, 0.6) is 0 Å². The van der Waals surface area contributed by atoms with E-state index in [-0.39, 0.29) is 5.41 Å². The average molecular weight is 464 g/mol. The smallest absolute Gasteiger partial charge is 0.413 e. The van der Waals surface area contributed by atoms with Crippen molar-refractivity contribution in [1.29, 1.82) is 5.26 Å². The second kappa shape index (κ2) is 9.07. The van der Waals surface area contributed by atoms with Crippen molar-refractivity contribution in [2.75, 3.05) is 5.32 Å². The van der Waals surface area contributed by atoms with Gasteiger partial charge in [-0.1, -0.05) is 71.9 Å². The van der Waals surface area contributed by atoms with Crippen LogP contribution in [0.3, 0.4) is 0 Å². The van der Waals surface area contributed by atoms with Gasteiger partial charge in [-0.15, -0.1) is 5.10 Å². The van der Waals surface area contributed by atoms with Crippen molar-refractivity contribution in [3.63, 3.8) is 0 Å². The molecule has 0 saturated heterocycles. The summed E-state index contributed by atoms with van der Waals surface area (Å²) in [5.41, 5.74) is 5.18. The number of hydrogen-bond acceptors (Lipinski definition) is 5. The number of carbonyl (C=O) groups is 1. The van der Waals surface area contributed by atoms with Gasteiger partial charge >= 0.3 is 6.09 Å². The topological polar surface area (TPSA) is 92.8 Å². The number of rotatable bonds is 6. The van der Waals surface area contributed by atoms with Gasteiger partial charge < -0.3 is 4.74 Å². The number of benzene rings is 3. The van der Waals surface area contributed by atoms with E-state index in [4.69, 9.17) is 4.74 Å². The Morgan fingerprint density at radius 1 is 1.03 bits per heavy atom. The van der Waals surface area contributed by atoms with Crippen LogP contribution in [0.4, 0.5) is 10.6 Å². The van der Waals surface area contributed by atoms with Crippen molar-refractivity contribution >= 4 is 11.9 Å². The Morgan fingerprint density at radius 2 is 1.66 bits per heavy atom. The maximum absolute atomic E-state index is 12.6. The van der Waals surface area contributed by atoms with Gasteiger partial charge in [0.05, 0.1) is 17.2 Å². The Labute approximate surface area is 204 Å². The Morgan fingerprint density at radius 3 is 2.26 bits per heavy atom. The summed E-state index contributed by atoms with van der Waals surface area (Å²) in [6.07, 6.45) is 0.901. The molecule has 0 spiro atoms. The number of amides is 1. The lowest BCUT2D eigenvalue weighted by Crippen LogP contribution is -2.18. The van der Waals surface area contributed by atoms with E-state index in [0.29, 0.717) is 11.5 Å². The number of aryl methyl sites for hydroxylation is 1. The largest absolute Gasteiger partial charge is 0.441 e. The number of anilines is 1. The number of nitrogens with zero attached hydrogens (tertiary/aromatic N) is 4. The highest BCUT2D eigenvalue weighted by molar-refractivity contribution is 5.84. The van der Waals surface area contributed by atoms with E-state index in [9.17, 15) is 10.1 Å². The zero-order chi connectivity index (χ0) is 24.4. The van der Waals surface area contributed by atoms with Crippen molar-refractivity contribution < 1.29 is 9.53 Å². The summed E-state index contributed by atoms with van der Waals surface area (Å²) in [6.45, 7) is 3.61. The summed E-state index contributed by atoms with van der Waals surface area (Å²) < 4.78 is 7.12. The molecule has 5 rings (SSSR count). The third-order valence-electron chi connectivity index (χ3n) is 6.46. The summed E-state index contributed by atoms with van der Waals surface area (Å²) in [4.78, 5) is 12.6. The summed E-state index contributed by atoms with van der Waals surface area (Å²) in [5.74, 6) is 0.457. The molecule has 0 bridgehead atoms. The quantitative estimate of drug-likeness (QED) is 0.372. The molecule has 1 aliphatic carbocycles. The first-order valence-electron chi connectivity index (χ1n) is 11.6. The first-order valence-corrected chi connectivity index (χ1v) is 11.6. The van der Waals surface area contributed by atoms with E-state index in [0.717, 1.165) is 40.8 Å². The van der Waals surface area contributed by atoms with Crippen LogP contribution in [0.25, 0.3) is 16.8 Å². The molecular weight excluding hydrogens is 438 g/mol. The number of nitrogens with one attached hydrogen (secondary N) is 1. The summed E-state index contributed by atoms with van der Waals surface area (Å²) in [7, 11) is 0. The average Bonchev–Trinajstić information content (AvgIpc) is 3.62. The Bertz CT molecular complexity index is 1380. The molecular formula is C28H25N5O2. The summed E-state index contributed by atoms with van der Waals surface area (Å²) >= 11 is 0. The van der Waals surface area contributed by atoms with Crippen LogP contribution in [0.1, 0.15) is 42.7 Å². The molecule has 3 aromatic carbocycles. The molecule has 174 valence electrons. The molecule has 0 radical (unpaired) electrons. The van der Waals surface area contributed by atoms with Gasteiger partial charge in [0.15, 0.2) is 5.82 Å². The minimum atomic E-state index is -0.574. The molecule has 1 N–H and O–H groups in total. The molecule has 0 unspecified atom stereocenters. The number of carbonyl (C=O) groups excluding carboxylic acids is 1. The van der Waals surface area contributed by atoms with Crippen molar-refractivity contribution in [3.8, 4) is 22.9 Å². The molecule has 1 aliphatic rings. The van der Waals surface area contributed by atoms with Crippen LogP contribution >= 0.6 is 0 Å². The molecule has 7 nitrogen and oxygen atoms in total. The number of aromatic nitrogens is 3. The SMILES string of the molecule is Cc1nnn(-c2ccc(-c3ccc(C4(C#N)CC4)cc3)cc2)c1NC(=O)O[C@H](C)c1ccccc1. The maximum Gasteiger partial charge on any atom is 0.413 e. The van der Waals surface area contributed by atoms with Crippen LogP contribution in [0.2, 0.25) is 0 Å². The lowest BCUT2D eigenvalue weighted by atomic mass is 9.95. The Balaban J connectivity index is 1.30. The van der Waals surface area contributed by atoms with E-state index in [2.05, 4.69) is 33.8 Å². The van der Waals surface area contributed by atoms with Gasteiger partial charge in [0.1, 0.15) is 11.8 Å². The fourth-order valence-corrected chi connectivity index (χ4v) is 4.13.